The molecule has 17 heavy (non-hydrogen) atoms. The van der Waals surface area contributed by atoms with Crippen molar-refractivity contribution in [1.29, 1.82) is 0 Å². The van der Waals surface area contributed by atoms with E-state index in [1.807, 2.05) is 6.20 Å². The predicted molar refractivity (Wildman–Crippen MR) is 68.4 cm³/mol. The van der Waals surface area contributed by atoms with Crippen molar-refractivity contribution in [3.05, 3.63) is 24.3 Å². The number of aromatic nitrogens is 2. The van der Waals surface area contributed by atoms with E-state index in [2.05, 4.69) is 28.7 Å². The Morgan fingerprint density at radius 1 is 1.41 bits per heavy atom. The van der Waals surface area contributed by atoms with Crippen LogP contribution in [0.25, 0.3) is 0 Å². The summed E-state index contributed by atoms with van der Waals surface area (Å²) in [4.78, 5) is 11.0. The van der Waals surface area contributed by atoms with Gasteiger partial charge in [0.05, 0.1) is 11.7 Å². The molecule has 3 unspecified atom stereocenters. The summed E-state index contributed by atoms with van der Waals surface area (Å²) in [5.74, 6) is 0.614. The van der Waals surface area contributed by atoms with Crippen molar-refractivity contribution in [1.82, 2.24) is 14.9 Å². The number of hydrogen-bond donors (Lipinski definition) is 1. The SMILES string of the molecule is CC(N)C1CCCN(C(C)c2cnccn2)C1. The van der Waals surface area contributed by atoms with E-state index in [0.717, 1.165) is 18.8 Å². The van der Waals surface area contributed by atoms with Gasteiger partial charge in [-0.15, -0.1) is 0 Å². The molecule has 3 atom stereocenters. The van der Waals surface area contributed by atoms with Crippen molar-refractivity contribution < 1.29 is 0 Å². The van der Waals surface area contributed by atoms with E-state index in [4.69, 9.17) is 5.73 Å². The van der Waals surface area contributed by atoms with E-state index in [1.54, 1.807) is 12.4 Å². The lowest BCUT2D eigenvalue weighted by molar-refractivity contribution is 0.119. The molecule has 1 fully saturated rings. The van der Waals surface area contributed by atoms with Crippen LogP contribution in [-0.4, -0.2) is 34.0 Å². The molecule has 1 aliphatic heterocycles. The lowest BCUT2D eigenvalue weighted by Gasteiger charge is -2.37. The van der Waals surface area contributed by atoms with E-state index in [0.29, 0.717) is 12.0 Å². The minimum atomic E-state index is 0.284. The van der Waals surface area contributed by atoms with E-state index in [1.165, 1.54) is 12.8 Å². The molecule has 4 nitrogen and oxygen atoms in total. The van der Waals surface area contributed by atoms with Crippen LogP contribution >= 0.6 is 0 Å². The maximum absolute atomic E-state index is 6.01. The normalized spacial score (nSPS) is 25.5. The maximum Gasteiger partial charge on any atom is 0.0755 e. The molecule has 2 rings (SSSR count). The van der Waals surface area contributed by atoms with Crippen LogP contribution < -0.4 is 5.73 Å². The minimum Gasteiger partial charge on any atom is -0.328 e. The number of piperidine rings is 1. The minimum absolute atomic E-state index is 0.284. The summed E-state index contributed by atoms with van der Waals surface area (Å²) in [7, 11) is 0. The molecule has 94 valence electrons. The number of nitrogens with two attached hydrogens (primary N) is 1. The van der Waals surface area contributed by atoms with E-state index in [9.17, 15) is 0 Å². The first kappa shape index (κ1) is 12.5. The van der Waals surface area contributed by atoms with Crippen molar-refractivity contribution in [2.45, 2.75) is 38.8 Å². The fourth-order valence-corrected chi connectivity index (χ4v) is 2.53. The van der Waals surface area contributed by atoms with E-state index >= 15 is 0 Å². The molecule has 0 amide bonds. The molecule has 0 aromatic carbocycles. The summed E-state index contributed by atoms with van der Waals surface area (Å²) in [6, 6.07) is 0.622. The average molecular weight is 234 g/mol. The van der Waals surface area contributed by atoms with Crippen LogP contribution in [-0.2, 0) is 0 Å². The third-order valence-corrected chi connectivity index (χ3v) is 3.79. The highest BCUT2D eigenvalue weighted by atomic mass is 15.2. The third-order valence-electron chi connectivity index (χ3n) is 3.79. The van der Waals surface area contributed by atoms with E-state index in [-0.39, 0.29) is 6.04 Å². The number of hydrogen-bond acceptors (Lipinski definition) is 4. The van der Waals surface area contributed by atoms with Crippen LogP contribution in [0.5, 0.6) is 0 Å². The third kappa shape index (κ3) is 3.01. The van der Waals surface area contributed by atoms with Crippen LogP contribution in [0.3, 0.4) is 0 Å². The molecule has 4 heteroatoms. The number of nitrogens with zero attached hydrogens (tertiary/aromatic N) is 3. The quantitative estimate of drug-likeness (QED) is 0.863. The molecule has 2 N–H and O–H groups in total. The smallest absolute Gasteiger partial charge is 0.0755 e. The molecule has 0 radical (unpaired) electrons. The highest BCUT2D eigenvalue weighted by Crippen LogP contribution is 2.26. The molecule has 0 spiro atoms. The first-order valence-electron chi connectivity index (χ1n) is 6.44. The second-order valence-electron chi connectivity index (χ2n) is 5.06. The summed E-state index contributed by atoms with van der Waals surface area (Å²) in [6.07, 6.45) is 7.83. The summed E-state index contributed by atoms with van der Waals surface area (Å²) in [5.41, 5.74) is 7.07. The molecule has 2 heterocycles. The average Bonchev–Trinajstić information content (AvgIpc) is 2.39. The Kier molecular flexibility index (Phi) is 4.07. The molecule has 1 aromatic rings. The lowest BCUT2D eigenvalue weighted by atomic mass is 9.91. The zero-order chi connectivity index (χ0) is 12.3. The zero-order valence-electron chi connectivity index (χ0n) is 10.7. The highest BCUT2D eigenvalue weighted by molar-refractivity contribution is 5.02. The van der Waals surface area contributed by atoms with Crippen molar-refractivity contribution in [3.63, 3.8) is 0 Å². The van der Waals surface area contributed by atoms with Gasteiger partial charge in [-0.2, -0.15) is 0 Å². The van der Waals surface area contributed by atoms with Crippen LogP contribution in [0.2, 0.25) is 0 Å². The molecule has 1 aliphatic rings. The largest absolute Gasteiger partial charge is 0.328 e. The second-order valence-corrected chi connectivity index (χ2v) is 5.06. The molecule has 1 saturated heterocycles. The van der Waals surface area contributed by atoms with Crippen LogP contribution in [0, 0.1) is 5.92 Å². The van der Waals surface area contributed by atoms with Crippen molar-refractivity contribution in [2.75, 3.05) is 13.1 Å². The summed E-state index contributed by atoms with van der Waals surface area (Å²) in [6.45, 7) is 6.53. The van der Waals surface area contributed by atoms with Crippen molar-refractivity contribution >= 4 is 0 Å². The Bertz CT molecular complexity index is 339. The summed E-state index contributed by atoms with van der Waals surface area (Å²) < 4.78 is 0. The predicted octanol–water partition coefficient (Wildman–Crippen LogP) is 1.60. The van der Waals surface area contributed by atoms with Crippen molar-refractivity contribution in [3.8, 4) is 0 Å². The zero-order valence-corrected chi connectivity index (χ0v) is 10.7. The monoisotopic (exact) mass is 234 g/mol. The van der Waals surface area contributed by atoms with Crippen molar-refractivity contribution in [2.24, 2.45) is 11.7 Å². The maximum atomic E-state index is 6.01. The Morgan fingerprint density at radius 2 is 2.24 bits per heavy atom. The van der Waals surface area contributed by atoms with Gasteiger partial charge in [0.1, 0.15) is 0 Å². The van der Waals surface area contributed by atoms with Gasteiger partial charge in [0, 0.05) is 31.2 Å². The van der Waals surface area contributed by atoms with Crippen LogP contribution in [0.15, 0.2) is 18.6 Å². The molecule has 0 bridgehead atoms. The fraction of sp³-hybridized carbons (Fsp3) is 0.692. The van der Waals surface area contributed by atoms with Gasteiger partial charge in [0.2, 0.25) is 0 Å². The Labute approximate surface area is 103 Å². The molecule has 0 aliphatic carbocycles. The molecule has 0 saturated carbocycles. The Balaban J connectivity index is 2.02. The highest BCUT2D eigenvalue weighted by Gasteiger charge is 2.26. The van der Waals surface area contributed by atoms with Gasteiger partial charge in [0.25, 0.3) is 0 Å². The van der Waals surface area contributed by atoms with Gasteiger partial charge < -0.3 is 5.73 Å². The van der Waals surface area contributed by atoms with Gasteiger partial charge in [-0.25, -0.2) is 0 Å². The van der Waals surface area contributed by atoms with Gasteiger partial charge in [-0.1, -0.05) is 0 Å². The van der Waals surface area contributed by atoms with Gasteiger partial charge in [0.15, 0.2) is 0 Å². The van der Waals surface area contributed by atoms with Gasteiger partial charge >= 0.3 is 0 Å². The summed E-state index contributed by atoms with van der Waals surface area (Å²) >= 11 is 0. The van der Waals surface area contributed by atoms with Crippen LogP contribution in [0.1, 0.15) is 38.4 Å². The van der Waals surface area contributed by atoms with Crippen LogP contribution in [0.4, 0.5) is 0 Å². The topological polar surface area (TPSA) is 55.0 Å². The second kappa shape index (κ2) is 5.56. The number of likely N-dealkylation sites (tertiary alicyclic amines) is 1. The first-order valence-corrected chi connectivity index (χ1v) is 6.44. The first-order chi connectivity index (χ1) is 8.18. The lowest BCUT2D eigenvalue weighted by Crippen LogP contribution is -2.43. The Morgan fingerprint density at radius 3 is 2.88 bits per heavy atom. The molecule has 1 aromatic heterocycles. The standard InChI is InChI=1S/C13H22N4/c1-10(14)12-4-3-7-17(9-12)11(2)13-8-15-5-6-16-13/h5-6,8,10-12H,3-4,7,9,14H2,1-2H3. The van der Waals surface area contributed by atoms with E-state index < -0.39 is 0 Å². The fourth-order valence-electron chi connectivity index (χ4n) is 2.53. The Hall–Kier alpha value is -1.00. The number of rotatable bonds is 3. The van der Waals surface area contributed by atoms with Gasteiger partial charge in [-0.05, 0) is 39.2 Å². The molecular formula is C13H22N4. The van der Waals surface area contributed by atoms with Gasteiger partial charge in [-0.3, -0.25) is 14.9 Å². The summed E-state index contributed by atoms with van der Waals surface area (Å²) in [5, 5.41) is 0. The molecular weight excluding hydrogens is 212 g/mol.